The van der Waals surface area contributed by atoms with Gasteiger partial charge >= 0.3 is 94.1 Å². The minimum absolute atomic E-state index is 0.118. The van der Waals surface area contributed by atoms with Crippen molar-refractivity contribution in [3.8, 4) is 0 Å². The molecule has 0 aliphatic heterocycles. The van der Waals surface area contributed by atoms with Crippen molar-refractivity contribution in [2.24, 2.45) is 0 Å². The van der Waals surface area contributed by atoms with Crippen molar-refractivity contribution in [3.05, 3.63) is 0 Å². The molecule has 0 atom stereocenters. The van der Waals surface area contributed by atoms with E-state index in [4.69, 9.17) is 13.0 Å². The van der Waals surface area contributed by atoms with E-state index < -0.39 is 30.8 Å². The van der Waals surface area contributed by atoms with Gasteiger partial charge in [0.1, 0.15) is 0 Å². The first kappa shape index (κ1) is 28.6. The summed E-state index contributed by atoms with van der Waals surface area (Å²) in [7, 11) is -8.09. The molecule has 2 aliphatic rings. The van der Waals surface area contributed by atoms with E-state index in [1.807, 2.05) is 0 Å². The minimum atomic E-state index is -6.09. The maximum atomic E-state index is 11.0. The molecule has 15 heteroatoms. The molecule has 29 heavy (non-hydrogen) atoms. The Kier molecular flexibility index (Phi) is 11.6. The van der Waals surface area contributed by atoms with Crippen LogP contribution < -0.4 is 0 Å². The van der Waals surface area contributed by atoms with Gasteiger partial charge in [-0.3, -0.25) is 0 Å². The molecule has 2 fully saturated rings. The Morgan fingerprint density at radius 1 is 0.690 bits per heavy atom. The van der Waals surface area contributed by atoms with Gasteiger partial charge in [0.2, 0.25) is 0 Å². The molecule has 0 aromatic rings. The maximum absolute atomic E-state index is 11.0. The summed E-state index contributed by atoms with van der Waals surface area (Å²) in [6.45, 7) is 0. The van der Waals surface area contributed by atoms with E-state index in [-0.39, 0.29) is 7.12 Å². The van der Waals surface area contributed by atoms with Crippen molar-refractivity contribution in [3.63, 3.8) is 0 Å². The monoisotopic (exact) mass is 472 g/mol. The molecular weight excluding hydrogens is 448 g/mol. The molecule has 0 spiro atoms. The van der Waals surface area contributed by atoms with E-state index in [2.05, 4.69) is 7.28 Å². The van der Waals surface area contributed by atoms with Gasteiger partial charge in [0.05, 0.1) is 0 Å². The molecular formula is C14H24B2F6O5S2. The zero-order valence-electron chi connectivity index (χ0n) is 15.9. The Bertz CT molecular complexity index is 610. The van der Waals surface area contributed by atoms with Gasteiger partial charge in [0.25, 0.3) is 7.12 Å². The standard InChI is InChI=1S/C12H22B.CH2BF3O2S.CHF3O3S/c1-3-7-11(8-4-1)13-12-9-5-2-6-10-12;2-8(6,7)1(3,4)5;2-1(3,4)8(5,6)7/h11-12H,1-10H2;2H2;(H,5,6,7)/q+1;;/p-1. The molecule has 2 aliphatic carbocycles. The van der Waals surface area contributed by atoms with Crippen LogP contribution in [-0.4, -0.2) is 46.8 Å². The van der Waals surface area contributed by atoms with Gasteiger partial charge < -0.3 is 4.55 Å². The van der Waals surface area contributed by atoms with Crippen LogP contribution in [0.1, 0.15) is 64.2 Å². The SMILES string of the molecule is BS(=O)(=O)C(F)(F)F.O=S(=O)([O-])C(F)(F)F.[B+](C1CCCCC1)C1CCCCC1. The summed E-state index contributed by atoms with van der Waals surface area (Å²) >= 11 is 0. The van der Waals surface area contributed by atoms with Gasteiger partial charge in [0, 0.05) is 0 Å². The number of halogens is 6. The molecule has 0 bridgehead atoms. The first-order valence-corrected chi connectivity index (χ1v) is 12.4. The molecule has 2 rings (SSSR count). The third-order valence-electron chi connectivity index (χ3n) is 4.55. The van der Waals surface area contributed by atoms with Gasteiger partial charge in [-0.1, -0.05) is 0 Å². The fourth-order valence-electron chi connectivity index (χ4n) is 3.04. The van der Waals surface area contributed by atoms with Crippen LogP contribution in [0.3, 0.4) is 0 Å². The van der Waals surface area contributed by atoms with Gasteiger partial charge in [-0.2, -0.15) is 26.3 Å². The zero-order chi connectivity index (χ0) is 22.9. The molecule has 0 unspecified atom stereocenters. The fourth-order valence-corrected chi connectivity index (χ4v) is 3.04. The summed E-state index contributed by atoms with van der Waals surface area (Å²) in [4.78, 5) is 0. The van der Waals surface area contributed by atoms with Crippen molar-refractivity contribution in [2.45, 2.75) is 86.9 Å². The van der Waals surface area contributed by atoms with Gasteiger partial charge in [-0.05, 0) is 0 Å². The second-order valence-corrected chi connectivity index (χ2v) is 10.5. The van der Waals surface area contributed by atoms with E-state index in [1.54, 1.807) is 0 Å². The predicted molar refractivity (Wildman–Crippen MR) is 98.7 cm³/mol. The van der Waals surface area contributed by atoms with Crippen LogP contribution in [0.4, 0.5) is 26.3 Å². The van der Waals surface area contributed by atoms with Crippen molar-refractivity contribution >= 4 is 34.2 Å². The molecule has 5 nitrogen and oxygen atoms in total. The molecule has 0 amide bonds. The molecule has 0 aromatic heterocycles. The van der Waals surface area contributed by atoms with E-state index in [0.29, 0.717) is 0 Å². The summed E-state index contributed by atoms with van der Waals surface area (Å²) in [5, 5.41) is 0. The van der Waals surface area contributed by atoms with E-state index in [9.17, 15) is 34.8 Å². The topological polar surface area (TPSA) is 91.3 Å². The van der Waals surface area contributed by atoms with Crippen LogP contribution in [0.5, 0.6) is 0 Å². The number of rotatable bonds is 2. The van der Waals surface area contributed by atoms with Crippen molar-refractivity contribution in [1.29, 1.82) is 0 Å². The third kappa shape index (κ3) is 12.8. The number of hydrogen-bond acceptors (Lipinski definition) is 5. The predicted octanol–water partition coefficient (Wildman–Crippen LogP) is 3.72. The van der Waals surface area contributed by atoms with Crippen LogP contribution in [0.25, 0.3) is 0 Å². The molecule has 0 N–H and O–H groups in total. The van der Waals surface area contributed by atoms with Crippen molar-refractivity contribution < 1.29 is 47.7 Å². The second kappa shape index (κ2) is 11.8. The Morgan fingerprint density at radius 2 is 0.931 bits per heavy atom. The summed E-state index contributed by atoms with van der Waals surface area (Å²) < 4.78 is 111. The molecule has 0 radical (unpaired) electrons. The average molecular weight is 472 g/mol. The Hall–Kier alpha value is -0.430. The summed E-state index contributed by atoms with van der Waals surface area (Å²) in [6.07, 6.45) is 15.0. The van der Waals surface area contributed by atoms with E-state index >= 15 is 0 Å². The van der Waals surface area contributed by atoms with Crippen LogP contribution in [0.2, 0.25) is 11.6 Å². The zero-order valence-corrected chi connectivity index (χ0v) is 17.6. The molecule has 170 valence electrons. The Labute approximate surface area is 169 Å². The number of alkyl halides is 6. The normalized spacial score (nSPS) is 19.8. The van der Waals surface area contributed by atoms with E-state index in [0.717, 1.165) is 11.6 Å². The molecule has 2 saturated carbocycles. The first-order valence-electron chi connectivity index (χ1n) is 9.08. The molecule has 0 saturated heterocycles. The quantitative estimate of drug-likeness (QED) is 0.265. The van der Waals surface area contributed by atoms with Crippen LogP contribution in [0, 0.1) is 0 Å². The van der Waals surface area contributed by atoms with Crippen molar-refractivity contribution in [2.75, 3.05) is 0 Å². The summed E-state index contributed by atoms with van der Waals surface area (Å²) in [5.41, 5.74) is -10.7. The molecule has 0 heterocycles. The summed E-state index contributed by atoms with van der Waals surface area (Å²) in [5.74, 6) is 1.99. The van der Waals surface area contributed by atoms with Gasteiger partial charge in [-0.15, -0.1) is 0 Å². The van der Waals surface area contributed by atoms with Gasteiger partial charge in [-0.25, -0.2) is 16.8 Å². The van der Waals surface area contributed by atoms with Gasteiger partial charge in [0.15, 0.2) is 19.8 Å². The average Bonchev–Trinajstić information content (AvgIpc) is 2.54. The molecule has 0 aromatic carbocycles. The number of hydrogen-bond donors (Lipinski definition) is 0. The second-order valence-electron chi connectivity index (χ2n) is 7.11. The van der Waals surface area contributed by atoms with Crippen molar-refractivity contribution in [1.82, 2.24) is 0 Å². The van der Waals surface area contributed by atoms with E-state index in [1.165, 1.54) is 64.2 Å². The van der Waals surface area contributed by atoms with Crippen LogP contribution in [0.15, 0.2) is 0 Å². The Balaban J connectivity index is 0.000000432. The Morgan fingerprint density at radius 3 is 1.10 bits per heavy atom. The third-order valence-corrected chi connectivity index (χ3v) is 5.96. The van der Waals surface area contributed by atoms with Crippen LogP contribution in [-0.2, 0) is 19.8 Å². The summed E-state index contributed by atoms with van der Waals surface area (Å²) in [6, 6.07) is 0. The van der Waals surface area contributed by atoms with Crippen LogP contribution >= 0.6 is 0 Å². The fraction of sp³-hybridized carbons (Fsp3) is 1.00. The first-order chi connectivity index (χ1) is 12.9.